The molecule has 106 valence electrons. The number of carbonyl (C=O) groups is 1. The van der Waals surface area contributed by atoms with Crippen LogP contribution in [0, 0.1) is 11.3 Å². The maximum absolute atomic E-state index is 11.9. The Labute approximate surface area is 112 Å². The minimum Gasteiger partial charge on any atom is -0.414 e. The fraction of sp³-hybridized carbons (Fsp3) is 0.923. The second-order valence-corrected chi connectivity index (χ2v) is 8.96. The monoisotopic (exact) mass is 273 g/mol. The van der Waals surface area contributed by atoms with Gasteiger partial charge in [0.1, 0.15) is 0 Å². The third kappa shape index (κ3) is 2.78. The molecule has 3 atom stereocenters. The maximum atomic E-state index is 11.9. The number of rotatable bonds is 5. The molecule has 5 heteroatoms. The number of nitrogens with one attached hydrogen (secondary N) is 1. The van der Waals surface area contributed by atoms with E-state index in [-0.39, 0.29) is 29.9 Å². The predicted octanol–water partition coefficient (Wildman–Crippen LogP) is 1.29. The molecule has 1 heterocycles. The van der Waals surface area contributed by atoms with Crippen molar-refractivity contribution >= 4 is 14.9 Å². The normalized spacial score (nSPS) is 27.7. The summed E-state index contributed by atoms with van der Waals surface area (Å²) in [6, 6.07) is 0.0412. The molecule has 0 aromatic heterocycles. The van der Waals surface area contributed by atoms with E-state index in [2.05, 4.69) is 39.2 Å². The summed E-state index contributed by atoms with van der Waals surface area (Å²) in [7, 11) is -1.25. The number of carbonyl (C=O) groups excluding carboxylic acids is 1. The average Bonchev–Trinajstić information content (AvgIpc) is 2.13. The average molecular weight is 273 g/mol. The van der Waals surface area contributed by atoms with Gasteiger partial charge in [0.2, 0.25) is 5.91 Å². The van der Waals surface area contributed by atoms with Crippen molar-refractivity contribution in [2.75, 3.05) is 6.61 Å². The molecule has 1 rings (SSSR count). The molecule has 0 spiro atoms. The van der Waals surface area contributed by atoms with Crippen LogP contribution in [0.1, 0.15) is 34.1 Å². The summed E-state index contributed by atoms with van der Waals surface area (Å²) in [6.45, 7) is 12.7. The molecule has 1 aliphatic heterocycles. The second kappa shape index (κ2) is 5.31. The molecular weight excluding hydrogens is 246 g/mol. The molecule has 0 aliphatic carbocycles. The van der Waals surface area contributed by atoms with Crippen molar-refractivity contribution in [3.8, 4) is 0 Å². The van der Waals surface area contributed by atoms with Gasteiger partial charge in [-0.2, -0.15) is 0 Å². The zero-order valence-electron chi connectivity index (χ0n) is 12.4. The Kier molecular flexibility index (Phi) is 4.62. The topological polar surface area (TPSA) is 58.6 Å². The van der Waals surface area contributed by atoms with Gasteiger partial charge in [0, 0.05) is 12.6 Å². The first-order valence-electron chi connectivity index (χ1n) is 6.72. The lowest BCUT2D eigenvalue weighted by Crippen LogP contribution is -2.70. The molecule has 2 unspecified atom stereocenters. The highest BCUT2D eigenvalue weighted by molar-refractivity contribution is 6.48. The number of aliphatic hydroxyl groups excluding tert-OH is 1. The van der Waals surface area contributed by atoms with E-state index in [0.29, 0.717) is 6.42 Å². The van der Waals surface area contributed by atoms with Crippen LogP contribution in [0.25, 0.3) is 0 Å². The highest BCUT2D eigenvalue weighted by Crippen LogP contribution is 2.45. The van der Waals surface area contributed by atoms with Crippen molar-refractivity contribution in [1.29, 1.82) is 0 Å². The molecule has 0 saturated carbocycles. The Bertz CT molecular complexity index is 314. The van der Waals surface area contributed by atoms with Gasteiger partial charge in [-0.25, -0.2) is 0 Å². The molecule has 0 bridgehead atoms. The molecule has 18 heavy (non-hydrogen) atoms. The molecule has 1 aliphatic rings. The van der Waals surface area contributed by atoms with E-state index in [1.54, 1.807) is 0 Å². The van der Waals surface area contributed by atoms with Crippen LogP contribution >= 0.6 is 0 Å². The summed E-state index contributed by atoms with van der Waals surface area (Å²) in [5.41, 5.74) is -0.573. The van der Waals surface area contributed by atoms with Gasteiger partial charge in [-0.1, -0.05) is 20.8 Å². The largest absolute Gasteiger partial charge is 0.414 e. The second-order valence-electron chi connectivity index (χ2n) is 6.63. The summed E-state index contributed by atoms with van der Waals surface area (Å²) in [6.07, 6.45) is 0.602. The number of β-lactam (4-membered cyclic amide) rings is 1. The van der Waals surface area contributed by atoms with Gasteiger partial charge in [0.25, 0.3) is 0 Å². The third-order valence-corrected chi connectivity index (χ3v) is 4.98. The predicted molar refractivity (Wildman–Crippen MR) is 74.9 cm³/mol. The molecule has 0 aromatic rings. The van der Waals surface area contributed by atoms with Crippen LogP contribution in [0.4, 0.5) is 0 Å². The van der Waals surface area contributed by atoms with Crippen LogP contribution in [-0.2, 0) is 9.22 Å². The molecule has 2 N–H and O–H groups in total. The van der Waals surface area contributed by atoms with Crippen LogP contribution in [0.15, 0.2) is 0 Å². The van der Waals surface area contributed by atoms with Crippen LogP contribution in [0.3, 0.4) is 0 Å². The molecule has 0 aromatic carbocycles. The van der Waals surface area contributed by atoms with Crippen molar-refractivity contribution < 1.29 is 14.3 Å². The van der Waals surface area contributed by atoms with E-state index in [9.17, 15) is 4.79 Å². The number of amides is 1. The molecule has 1 fully saturated rings. The van der Waals surface area contributed by atoms with Gasteiger partial charge in [-0.3, -0.25) is 4.79 Å². The fourth-order valence-corrected chi connectivity index (χ4v) is 4.14. The van der Waals surface area contributed by atoms with E-state index < -0.39 is 14.6 Å². The van der Waals surface area contributed by atoms with Gasteiger partial charge in [-0.05, 0) is 31.9 Å². The van der Waals surface area contributed by atoms with Crippen molar-refractivity contribution in [3.05, 3.63) is 0 Å². The van der Waals surface area contributed by atoms with Crippen LogP contribution < -0.4 is 5.32 Å². The Hall–Kier alpha value is -0.393. The standard InChI is InChI=1S/C13H27NO3Si/c1-12(2,3)13(4,17-18(5)6)10-9(7-8-15)14-11(10)16/h9-10,15,18H,7-8H2,1-6H3,(H,14,16)/t9?,10?,13-/m0/s1. The van der Waals surface area contributed by atoms with Crippen LogP contribution in [-0.4, -0.2) is 38.3 Å². The van der Waals surface area contributed by atoms with Crippen molar-refractivity contribution in [3.63, 3.8) is 0 Å². The SMILES string of the molecule is C[SiH](C)O[C@@](C)(C1C(=O)NC1CCO)C(C)(C)C. The molecule has 1 saturated heterocycles. The highest BCUT2D eigenvalue weighted by atomic mass is 28.3. The Morgan fingerprint density at radius 3 is 2.22 bits per heavy atom. The molecule has 4 nitrogen and oxygen atoms in total. The smallest absolute Gasteiger partial charge is 0.228 e. The van der Waals surface area contributed by atoms with Gasteiger partial charge >= 0.3 is 0 Å². The first kappa shape index (κ1) is 15.7. The Morgan fingerprint density at radius 2 is 1.89 bits per heavy atom. The lowest BCUT2D eigenvalue weighted by Gasteiger charge is -2.54. The van der Waals surface area contributed by atoms with Crippen molar-refractivity contribution in [1.82, 2.24) is 5.32 Å². The summed E-state index contributed by atoms with van der Waals surface area (Å²) in [4.78, 5) is 11.9. The molecule has 1 amide bonds. The van der Waals surface area contributed by atoms with E-state index in [0.717, 1.165) is 0 Å². The van der Waals surface area contributed by atoms with Crippen LogP contribution in [0.5, 0.6) is 0 Å². The van der Waals surface area contributed by atoms with Crippen LogP contribution in [0.2, 0.25) is 13.1 Å². The first-order valence-corrected chi connectivity index (χ1v) is 9.50. The fourth-order valence-electron chi connectivity index (χ4n) is 2.66. The van der Waals surface area contributed by atoms with Crippen molar-refractivity contribution in [2.45, 2.75) is 58.9 Å². The number of hydrogen-bond donors (Lipinski definition) is 2. The van der Waals surface area contributed by atoms with E-state index in [4.69, 9.17) is 9.53 Å². The third-order valence-electron chi connectivity index (χ3n) is 4.02. The summed E-state index contributed by atoms with van der Waals surface area (Å²) >= 11 is 0. The van der Waals surface area contributed by atoms with Crippen molar-refractivity contribution in [2.24, 2.45) is 11.3 Å². The zero-order chi connectivity index (χ0) is 14.1. The maximum Gasteiger partial charge on any atom is 0.228 e. The van der Waals surface area contributed by atoms with E-state index in [1.807, 2.05) is 6.92 Å². The first-order chi connectivity index (χ1) is 8.13. The lowest BCUT2D eigenvalue weighted by atomic mass is 9.64. The van der Waals surface area contributed by atoms with Gasteiger partial charge in [0.15, 0.2) is 9.04 Å². The quantitative estimate of drug-likeness (QED) is 0.586. The minimum atomic E-state index is -1.25. The van der Waals surface area contributed by atoms with Gasteiger partial charge in [0.05, 0.1) is 11.5 Å². The highest BCUT2D eigenvalue weighted by Gasteiger charge is 2.56. The summed E-state index contributed by atoms with van der Waals surface area (Å²) in [5.74, 6) is -0.0972. The lowest BCUT2D eigenvalue weighted by molar-refractivity contribution is -0.159. The summed E-state index contributed by atoms with van der Waals surface area (Å²) < 4.78 is 6.25. The Balaban J connectivity index is 2.99. The Morgan fingerprint density at radius 1 is 1.33 bits per heavy atom. The zero-order valence-corrected chi connectivity index (χ0v) is 13.6. The van der Waals surface area contributed by atoms with Gasteiger partial charge in [-0.15, -0.1) is 0 Å². The molecular formula is C13H27NO3Si. The van der Waals surface area contributed by atoms with Gasteiger partial charge < -0.3 is 14.8 Å². The van der Waals surface area contributed by atoms with E-state index >= 15 is 0 Å². The minimum absolute atomic E-state index is 0.0412. The molecule has 0 radical (unpaired) electrons. The number of aliphatic hydroxyl groups is 1. The van der Waals surface area contributed by atoms with E-state index in [1.165, 1.54) is 0 Å². The summed E-state index contributed by atoms with van der Waals surface area (Å²) in [5, 5.41) is 12.0. The number of hydrogen-bond acceptors (Lipinski definition) is 3.